The van der Waals surface area contributed by atoms with Gasteiger partial charge in [0.2, 0.25) is 0 Å². The zero-order chi connectivity index (χ0) is 20.1. The minimum atomic E-state index is -0.319. The number of rotatable bonds is 4. The summed E-state index contributed by atoms with van der Waals surface area (Å²) in [4.78, 5) is 27.6. The number of hydrogen-bond donors (Lipinski definition) is 3. The molecule has 2 aliphatic rings. The van der Waals surface area contributed by atoms with E-state index in [0.717, 1.165) is 44.5 Å². The molecule has 2 fully saturated rings. The first-order valence-electron chi connectivity index (χ1n) is 10.6. The monoisotopic (exact) mass is 386 g/mol. The molecule has 1 saturated carbocycles. The Morgan fingerprint density at radius 1 is 1.00 bits per heavy atom. The molecule has 0 bridgehead atoms. The van der Waals surface area contributed by atoms with Crippen molar-refractivity contribution in [2.45, 2.75) is 77.3 Å². The van der Waals surface area contributed by atoms with Crippen LogP contribution in [0, 0.1) is 0 Å². The molecule has 1 aliphatic carbocycles. The third kappa shape index (κ3) is 5.63. The van der Waals surface area contributed by atoms with Gasteiger partial charge in [0.1, 0.15) is 0 Å². The third-order valence-electron chi connectivity index (χ3n) is 5.37. The second-order valence-corrected chi connectivity index (χ2v) is 9.06. The number of nitrogens with zero attached hydrogens (tertiary/aromatic N) is 1. The Kier molecular flexibility index (Phi) is 6.47. The maximum atomic E-state index is 13.1. The Morgan fingerprint density at radius 3 is 2.32 bits per heavy atom. The molecule has 0 aromatic heterocycles. The molecule has 6 nitrogen and oxygen atoms in total. The van der Waals surface area contributed by atoms with E-state index in [2.05, 4.69) is 20.9 Å². The Balaban J connectivity index is 1.79. The SMILES string of the molecule is CC(C)(C)NC(=O)Nc1ccc(N2CCCC2)c(C(=O)NC2CCCCC2)c1. The summed E-state index contributed by atoms with van der Waals surface area (Å²) >= 11 is 0. The van der Waals surface area contributed by atoms with Crippen molar-refractivity contribution in [1.82, 2.24) is 10.6 Å². The van der Waals surface area contributed by atoms with Crippen LogP contribution < -0.4 is 20.9 Å². The zero-order valence-electron chi connectivity index (χ0n) is 17.4. The van der Waals surface area contributed by atoms with Crippen molar-refractivity contribution in [1.29, 1.82) is 0 Å². The fourth-order valence-corrected chi connectivity index (χ4v) is 4.04. The van der Waals surface area contributed by atoms with Crippen LogP contribution in [0.4, 0.5) is 16.2 Å². The van der Waals surface area contributed by atoms with Gasteiger partial charge in [0, 0.05) is 36.0 Å². The lowest BCUT2D eigenvalue weighted by Gasteiger charge is -2.26. The standard InChI is InChI=1S/C22H34N4O2/c1-22(2,3)25-21(28)24-17-11-12-19(26-13-7-8-14-26)18(15-17)20(27)23-16-9-5-4-6-10-16/h11-12,15-16H,4-10,13-14H2,1-3H3,(H,23,27)(H2,24,25,28). The van der Waals surface area contributed by atoms with Gasteiger partial charge in [0.05, 0.1) is 5.56 Å². The summed E-state index contributed by atoms with van der Waals surface area (Å²) in [5.41, 5.74) is 1.94. The molecule has 1 aliphatic heterocycles. The van der Waals surface area contributed by atoms with Crippen LogP contribution in [0.2, 0.25) is 0 Å². The fourth-order valence-electron chi connectivity index (χ4n) is 4.04. The quantitative estimate of drug-likeness (QED) is 0.723. The summed E-state index contributed by atoms with van der Waals surface area (Å²) in [6, 6.07) is 5.66. The molecule has 3 N–H and O–H groups in total. The summed E-state index contributed by atoms with van der Waals surface area (Å²) in [5, 5.41) is 8.98. The second-order valence-electron chi connectivity index (χ2n) is 9.06. The van der Waals surface area contributed by atoms with Gasteiger partial charge in [-0.15, -0.1) is 0 Å². The van der Waals surface area contributed by atoms with E-state index in [9.17, 15) is 9.59 Å². The summed E-state index contributed by atoms with van der Waals surface area (Å²) in [6.07, 6.45) is 8.02. The van der Waals surface area contributed by atoms with E-state index in [0.29, 0.717) is 11.3 Å². The molecule has 1 saturated heterocycles. The summed E-state index contributed by atoms with van der Waals surface area (Å²) < 4.78 is 0. The topological polar surface area (TPSA) is 73.5 Å². The number of carbonyl (C=O) groups excluding carboxylic acids is 2. The van der Waals surface area contributed by atoms with Crippen LogP contribution in [0.25, 0.3) is 0 Å². The molecule has 6 heteroatoms. The summed E-state index contributed by atoms with van der Waals surface area (Å²) in [7, 11) is 0. The van der Waals surface area contributed by atoms with Crippen molar-refractivity contribution in [3.05, 3.63) is 23.8 Å². The minimum absolute atomic E-state index is 0.0336. The first-order chi connectivity index (χ1) is 13.3. The molecule has 3 amide bonds. The van der Waals surface area contributed by atoms with Gasteiger partial charge in [-0.1, -0.05) is 19.3 Å². The van der Waals surface area contributed by atoms with Crippen LogP contribution in [0.5, 0.6) is 0 Å². The van der Waals surface area contributed by atoms with Crippen LogP contribution in [0.15, 0.2) is 18.2 Å². The second kappa shape index (κ2) is 8.84. The molecule has 28 heavy (non-hydrogen) atoms. The third-order valence-corrected chi connectivity index (χ3v) is 5.37. The summed E-state index contributed by atoms with van der Waals surface area (Å²) in [5.74, 6) is -0.0336. The highest BCUT2D eigenvalue weighted by Crippen LogP contribution is 2.28. The highest BCUT2D eigenvalue weighted by molar-refractivity contribution is 6.02. The Hall–Kier alpha value is -2.24. The van der Waals surface area contributed by atoms with Gasteiger partial charge in [-0.2, -0.15) is 0 Å². The molecule has 1 aromatic rings. The Bertz CT molecular complexity index is 699. The zero-order valence-corrected chi connectivity index (χ0v) is 17.4. The van der Waals surface area contributed by atoms with Gasteiger partial charge >= 0.3 is 6.03 Å². The molecule has 0 spiro atoms. The highest BCUT2D eigenvalue weighted by atomic mass is 16.2. The number of benzene rings is 1. The van der Waals surface area contributed by atoms with E-state index in [1.807, 2.05) is 39.0 Å². The van der Waals surface area contributed by atoms with Crippen LogP contribution in [0.3, 0.4) is 0 Å². The number of hydrogen-bond acceptors (Lipinski definition) is 3. The van der Waals surface area contributed by atoms with E-state index in [1.54, 1.807) is 0 Å². The largest absolute Gasteiger partial charge is 0.371 e. The van der Waals surface area contributed by atoms with E-state index in [-0.39, 0.29) is 23.5 Å². The van der Waals surface area contributed by atoms with Crippen LogP contribution in [0.1, 0.15) is 76.1 Å². The van der Waals surface area contributed by atoms with Crippen molar-refractivity contribution in [2.75, 3.05) is 23.3 Å². The van der Waals surface area contributed by atoms with Crippen molar-refractivity contribution in [3.8, 4) is 0 Å². The van der Waals surface area contributed by atoms with Gasteiger partial charge in [0.25, 0.3) is 5.91 Å². The smallest absolute Gasteiger partial charge is 0.319 e. The van der Waals surface area contributed by atoms with E-state index >= 15 is 0 Å². The Morgan fingerprint density at radius 2 is 1.68 bits per heavy atom. The number of amides is 3. The van der Waals surface area contributed by atoms with Crippen LogP contribution in [-0.2, 0) is 0 Å². The summed E-state index contributed by atoms with van der Waals surface area (Å²) in [6.45, 7) is 7.76. The molecule has 0 radical (unpaired) electrons. The predicted octanol–water partition coefficient (Wildman–Crippen LogP) is 4.27. The highest BCUT2D eigenvalue weighted by Gasteiger charge is 2.23. The van der Waals surface area contributed by atoms with Gasteiger partial charge in [-0.05, 0) is 64.7 Å². The minimum Gasteiger partial charge on any atom is -0.371 e. The van der Waals surface area contributed by atoms with Gasteiger partial charge in [-0.3, -0.25) is 4.79 Å². The average molecular weight is 387 g/mol. The maximum Gasteiger partial charge on any atom is 0.319 e. The molecular formula is C22H34N4O2. The Labute approximate surface area is 168 Å². The van der Waals surface area contributed by atoms with Crippen molar-refractivity contribution in [3.63, 3.8) is 0 Å². The lowest BCUT2D eigenvalue weighted by atomic mass is 9.95. The van der Waals surface area contributed by atoms with Crippen molar-refractivity contribution < 1.29 is 9.59 Å². The number of carbonyl (C=O) groups is 2. The number of anilines is 2. The molecule has 3 rings (SSSR count). The maximum absolute atomic E-state index is 13.1. The number of nitrogens with one attached hydrogen (secondary N) is 3. The first-order valence-corrected chi connectivity index (χ1v) is 10.6. The van der Waals surface area contributed by atoms with Gasteiger partial charge < -0.3 is 20.9 Å². The van der Waals surface area contributed by atoms with E-state index in [4.69, 9.17) is 0 Å². The van der Waals surface area contributed by atoms with E-state index in [1.165, 1.54) is 19.3 Å². The molecule has 154 valence electrons. The van der Waals surface area contributed by atoms with Gasteiger partial charge in [-0.25, -0.2) is 4.79 Å². The fraction of sp³-hybridized carbons (Fsp3) is 0.636. The van der Waals surface area contributed by atoms with Gasteiger partial charge in [0.15, 0.2) is 0 Å². The van der Waals surface area contributed by atoms with E-state index < -0.39 is 0 Å². The molecule has 1 aromatic carbocycles. The predicted molar refractivity (Wildman–Crippen MR) is 114 cm³/mol. The van der Waals surface area contributed by atoms with Crippen LogP contribution >= 0.6 is 0 Å². The molecule has 0 atom stereocenters. The first kappa shape index (κ1) is 20.5. The molecule has 1 heterocycles. The lowest BCUT2D eigenvalue weighted by molar-refractivity contribution is 0.0928. The lowest BCUT2D eigenvalue weighted by Crippen LogP contribution is -2.43. The molecular weight excluding hydrogens is 352 g/mol. The normalized spacial score (nSPS) is 18.0. The average Bonchev–Trinajstić information content (AvgIpc) is 3.15. The number of urea groups is 1. The van der Waals surface area contributed by atoms with Crippen molar-refractivity contribution >= 4 is 23.3 Å². The van der Waals surface area contributed by atoms with Crippen LogP contribution in [-0.4, -0.2) is 36.6 Å². The van der Waals surface area contributed by atoms with Crippen molar-refractivity contribution in [2.24, 2.45) is 0 Å². The molecule has 0 unspecified atom stereocenters.